The van der Waals surface area contributed by atoms with Gasteiger partial charge in [-0.2, -0.15) is 9.97 Å². The maximum atomic E-state index is 6.55. The molecular formula is C58H34N6O2. The van der Waals surface area contributed by atoms with E-state index in [9.17, 15) is 0 Å². The molecule has 0 spiro atoms. The van der Waals surface area contributed by atoms with Crippen LogP contribution in [-0.2, 0) is 0 Å². The Morgan fingerprint density at radius 1 is 0.348 bits per heavy atom. The van der Waals surface area contributed by atoms with E-state index in [-0.39, 0.29) is 0 Å². The maximum absolute atomic E-state index is 6.55. The van der Waals surface area contributed by atoms with Gasteiger partial charge in [0.1, 0.15) is 16.7 Å². The minimum absolute atomic E-state index is 0.482. The molecule has 9 aromatic carbocycles. The summed E-state index contributed by atoms with van der Waals surface area (Å²) in [4.78, 5) is 20.8. The molecule has 0 aliphatic carbocycles. The van der Waals surface area contributed by atoms with E-state index < -0.39 is 0 Å². The fraction of sp³-hybridized carbons (Fsp3) is 0. The van der Waals surface area contributed by atoms with Gasteiger partial charge in [-0.05, 0) is 77.9 Å². The van der Waals surface area contributed by atoms with E-state index in [1.807, 2.05) is 91.0 Å². The van der Waals surface area contributed by atoms with Gasteiger partial charge in [-0.15, -0.1) is 0 Å². The van der Waals surface area contributed by atoms with Gasteiger partial charge in [-0.25, -0.2) is 9.97 Å². The quantitative estimate of drug-likeness (QED) is 0.166. The Balaban J connectivity index is 1.01. The molecule has 0 bridgehead atoms. The van der Waals surface area contributed by atoms with Gasteiger partial charge in [0.15, 0.2) is 17.2 Å². The topological polar surface area (TPSA) is 87.7 Å². The van der Waals surface area contributed by atoms with Crippen LogP contribution in [0, 0.1) is 0 Å². The number of fused-ring (bicyclic) bond motifs is 11. The first-order chi connectivity index (χ1) is 32.7. The monoisotopic (exact) mass is 846 g/mol. The summed E-state index contributed by atoms with van der Waals surface area (Å²) in [5.41, 5.74) is 12.9. The lowest BCUT2D eigenvalue weighted by Gasteiger charge is -2.13. The van der Waals surface area contributed by atoms with Crippen LogP contribution in [0.3, 0.4) is 0 Å². The summed E-state index contributed by atoms with van der Waals surface area (Å²) >= 11 is 0. The highest BCUT2D eigenvalue weighted by molar-refractivity contribution is 6.23. The molecule has 0 amide bonds. The molecule has 0 unspecified atom stereocenters. The Labute approximate surface area is 376 Å². The second-order valence-corrected chi connectivity index (χ2v) is 16.6. The smallest absolute Gasteiger partial charge is 0.238 e. The number of hydrogen-bond acceptors (Lipinski definition) is 6. The minimum Gasteiger partial charge on any atom is -0.456 e. The maximum Gasteiger partial charge on any atom is 0.238 e. The zero-order chi connectivity index (χ0) is 43.3. The predicted octanol–water partition coefficient (Wildman–Crippen LogP) is 14.8. The lowest BCUT2D eigenvalue weighted by Crippen LogP contribution is -2.07. The molecule has 5 aromatic heterocycles. The molecule has 5 heterocycles. The van der Waals surface area contributed by atoms with Gasteiger partial charge in [0, 0.05) is 49.1 Å². The molecule has 0 aliphatic rings. The van der Waals surface area contributed by atoms with Crippen molar-refractivity contribution in [3.8, 4) is 57.0 Å². The summed E-state index contributed by atoms with van der Waals surface area (Å²) in [6.07, 6.45) is 0. The Morgan fingerprint density at radius 3 is 1.70 bits per heavy atom. The molecule has 0 saturated heterocycles. The second-order valence-electron chi connectivity index (χ2n) is 16.6. The van der Waals surface area contributed by atoms with E-state index in [4.69, 9.17) is 28.8 Å². The number of aromatic nitrogens is 6. The molecule has 66 heavy (non-hydrogen) atoms. The summed E-state index contributed by atoms with van der Waals surface area (Å²) in [5.74, 6) is 2.06. The van der Waals surface area contributed by atoms with Gasteiger partial charge >= 0.3 is 0 Å². The van der Waals surface area contributed by atoms with Gasteiger partial charge in [0.25, 0.3) is 0 Å². The summed E-state index contributed by atoms with van der Waals surface area (Å²) in [5, 5.41) is 6.70. The van der Waals surface area contributed by atoms with Crippen molar-refractivity contribution in [2.75, 3.05) is 0 Å². The lowest BCUT2D eigenvalue weighted by atomic mass is 10.0. The lowest BCUT2D eigenvalue weighted by molar-refractivity contribution is 0.620. The molecule has 8 heteroatoms. The van der Waals surface area contributed by atoms with Crippen LogP contribution in [-0.4, -0.2) is 29.1 Å². The minimum atomic E-state index is 0.482. The van der Waals surface area contributed by atoms with Crippen molar-refractivity contribution in [2.24, 2.45) is 0 Å². The fourth-order valence-corrected chi connectivity index (χ4v) is 9.82. The molecular weight excluding hydrogens is 813 g/mol. The third-order valence-corrected chi connectivity index (χ3v) is 12.8. The molecule has 0 fully saturated rings. The summed E-state index contributed by atoms with van der Waals surface area (Å²) < 4.78 is 17.4. The average Bonchev–Trinajstić information content (AvgIpc) is 4.16. The molecule has 0 saturated carbocycles. The molecule has 14 rings (SSSR count). The number of hydrogen-bond donors (Lipinski definition) is 0. The predicted molar refractivity (Wildman–Crippen MR) is 265 cm³/mol. The van der Waals surface area contributed by atoms with Crippen LogP contribution in [0.15, 0.2) is 215 Å². The third kappa shape index (κ3) is 5.52. The zero-order valence-electron chi connectivity index (χ0n) is 35.1. The highest BCUT2D eigenvalue weighted by Crippen LogP contribution is 2.42. The Morgan fingerprint density at radius 2 is 0.939 bits per heavy atom. The fourth-order valence-electron chi connectivity index (χ4n) is 9.82. The molecule has 0 aliphatic heterocycles. The van der Waals surface area contributed by atoms with Crippen LogP contribution in [0.1, 0.15) is 0 Å². The number of benzene rings is 9. The van der Waals surface area contributed by atoms with Gasteiger partial charge in [-0.1, -0.05) is 140 Å². The van der Waals surface area contributed by atoms with E-state index in [0.717, 1.165) is 105 Å². The van der Waals surface area contributed by atoms with Crippen LogP contribution in [0.5, 0.6) is 0 Å². The molecule has 0 radical (unpaired) electrons. The summed E-state index contributed by atoms with van der Waals surface area (Å²) in [6.45, 7) is 0. The molecule has 0 N–H and O–H groups in total. The second kappa shape index (κ2) is 14.2. The first-order valence-electron chi connectivity index (χ1n) is 22.0. The first-order valence-corrected chi connectivity index (χ1v) is 22.0. The Hall–Kier alpha value is -9.14. The Kier molecular flexibility index (Phi) is 7.81. The van der Waals surface area contributed by atoms with Crippen LogP contribution in [0.25, 0.3) is 134 Å². The van der Waals surface area contributed by atoms with Crippen LogP contribution < -0.4 is 0 Å². The Bertz CT molecular complexity index is 4220. The van der Waals surface area contributed by atoms with Crippen molar-refractivity contribution in [2.45, 2.75) is 0 Å². The van der Waals surface area contributed by atoms with Gasteiger partial charge in [-0.3, -0.25) is 4.57 Å². The van der Waals surface area contributed by atoms with Gasteiger partial charge in [0.2, 0.25) is 11.8 Å². The number of rotatable bonds is 6. The average molecular weight is 847 g/mol. The zero-order valence-corrected chi connectivity index (χ0v) is 35.1. The van der Waals surface area contributed by atoms with E-state index in [1.54, 1.807) is 0 Å². The number of nitrogens with zero attached hydrogens (tertiary/aromatic N) is 6. The molecule has 308 valence electrons. The van der Waals surface area contributed by atoms with Crippen LogP contribution in [0.4, 0.5) is 0 Å². The molecule has 0 atom stereocenters. The van der Waals surface area contributed by atoms with Crippen LogP contribution in [0.2, 0.25) is 0 Å². The number of furan rings is 1. The van der Waals surface area contributed by atoms with Crippen molar-refractivity contribution >= 4 is 76.6 Å². The third-order valence-electron chi connectivity index (χ3n) is 12.8. The number of para-hydroxylation sites is 4. The number of oxazole rings is 1. The van der Waals surface area contributed by atoms with E-state index >= 15 is 0 Å². The first kappa shape index (κ1) is 36.4. The van der Waals surface area contributed by atoms with Gasteiger partial charge in [0.05, 0.1) is 27.6 Å². The van der Waals surface area contributed by atoms with Crippen molar-refractivity contribution in [1.29, 1.82) is 0 Å². The molecule has 8 nitrogen and oxygen atoms in total. The highest BCUT2D eigenvalue weighted by Gasteiger charge is 2.25. The van der Waals surface area contributed by atoms with Gasteiger partial charge < -0.3 is 13.4 Å². The van der Waals surface area contributed by atoms with Crippen molar-refractivity contribution < 1.29 is 8.83 Å². The summed E-state index contributed by atoms with van der Waals surface area (Å²) in [6, 6.07) is 71.1. The molecule has 14 aromatic rings. The van der Waals surface area contributed by atoms with E-state index in [0.29, 0.717) is 29.1 Å². The SMILES string of the molecule is c1ccc(-c2nc(-c3cccc4nc(-c5ccccc5)oc34)nc(-n3c4ccccc4c4ccc5c6ccccc6n(-c6ccc(-c7ccc8c(c7)oc7ccccc78)cc6)c5c43)n2)cc1. The largest absolute Gasteiger partial charge is 0.456 e. The van der Waals surface area contributed by atoms with E-state index in [1.165, 1.54) is 0 Å². The highest BCUT2D eigenvalue weighted by atomic mass is 16.3. The normalized spacial score (nSPS) is 11.9. The summed E-state index contributed by atoms with van der Waals surface area (Å²) in [7, 11) is 0. The van der Waals surface area contributed by atoms with E-state index in [2.05, 4.69) is 124 Å². The van der Waals surface area contributed by atoms with Crippen molar-refractivity contribution in [3.05, 3.63) is 206 Å². The van der Waals surface area contributed by atoms with Crippen LogP contribution >= 0.6 is 0 Å². The van der Waals surface area contributed by atoms with Crippen molar-refractivity contribution in [1.82, 2.24) is 29.1 Å². The van der Waals surface area contributed by atoms with Crippen molar-refractivity contribution in [3.63, 3.8) is 0 Å². The standard InChI is InChI=1S/C58H34N6O2/c1-3-14-36(15-4-1)55-60-56(46-21-13-22-47-54(46)66-57(59-47)37-16-5-2-6-17-37)62-58(61-55)64-49-24-11-8-19-41(49)45-33-32-44-40-18-7-10-23-48(40)63(52(44)53(45)64)39-29-26-35(27-30-39)38-28-31-43-42-20-9-12-25-50(42)65-51(43)34-38/h1-34H.